The third-order valence-electron chi connectivity index (χ3n) is 3.58. The minimum Gasteiger partial charge on any atom is -0.503 e. The van der Waals surface area contributed by atoms with E-state index in [9.17, 15) is 19.1 Å². The van der Waals surface area contributed by atoms with Crippen LogP contribution in [0.25, 0.3) is 0 Å². The molecule has 2 aromatic rings. The van der Waals surface area contributed by atoms with Crippen LogP contribution in [-0.2, 0) is 9.59 Å². The molecule has 9 heteroatoms. The molecule has 2 aromatic carbocycles. The Labute approximate surface area is 163 Å². The number of carbonyl (C=O) groups excluding carboxylic acids is 2. The van der Waals surface area contributed by atoms with E-state index in [1.54, 1.807) is 12.1 Å². The number of methoxy groups -OCH3 is 1. The number of halogens is 2. The van der Waals surface area contributed by atoms with Crippen LogP contribution in [0, 0.1) is 11.7 Å². The Kier molecular flexibility index (Phi) is 6.89. The third-order valence-corrected chi connectivity index (χ3v) is 4.18. The van der Waals surface area contributed by atoms with Crippen LogP contribution in [0.2, 0.25) is 0 Å². The average Bonchev–Trinajstić information content (AvgIpc) is 2.65. The number of hydrogen-bond acceptors (Lipinski definition) is 5. The number of rotatable bonds is 6. The largest absolute Gasteiger partial charge is 0.503 e. The predicted molar refractivity (Wildman–Crippen MR) is 102 cm³/mol. The second kappa shape index (κ2) is 9.13. The topological polar surface area (TPSA) is 100 Å². The van der Waals surface area contributed by atoms with Crippen molar-refractivity contribution >= 4 is 39.6 Å². The number of anilines is 1. The molecule has 0 aliphatic heterocycles. The number of carbonyl (C=O) groups is 2. The molecule has 0 radical (unpaired) electrons. The highest BCUT2D eigenvalue weighted by Gasteiger charge is 2.22. The van der Waals surface area contributed by atoms with Crippen LogP contribution in [0.4, 0.5) is 10.1 Å². The molecule has 0 heterocycles. The van der Waals surface area contributed by atoms with E-state index in [0.29, 0.717) is 10.0 Å². The number of nitrogens with zero attached hydrogens (tertiary/aromatic N) is 1. The van der Waals surface area contributed by atoms with Gasteiger partial charge < -0.3 is 15.2 Å². The number of para-hydroxylation sites is 1. The van der Waals surface area contributed by atoms with Crippen molar-refractivity contribution in [2.75, 3.05) is 12.4 Å². The summed E-state index contributed by atoms with van der Waals surface area (Å²) in [6.07, 6.45) is 1.33. The molecule has 0 saturated heterocycles. The number of nitrogens with one attached hydrogen (secondary N) is 2. The zero-order valence-corrected chi connectivity index (χ0v) is 16.1. The lowest BCUT2D eigenvalue weighted by Crippen LogP contribution is -2.34. The summed E-state index contributed by atoms with van der Waals surface area (Å²) >= 11 is 3.18. The third kappa shape index (κ3) is 5.27. The normalized spacial score (nSPS) is 11.9. The maximum absolute atomic E-state index is 13.6. The first-order valence-electron chi connectivity index (χ1n) is 7.78. The molecule has 142 valence electrons. The van der Waals surface area contributed by atoms with E-state index >= 15 is 0 Å². The van der Waals surface area contributed by atoms with Crippen molar-refractivity contribution in [2.24, 2.45) is 11.0 Å². The smallest absolute Gasteiger partial charge is 0.252 e. The molecule has 0 saturated carbocycles. The van der Waals surface area contributed by atoms with Gasteiger partial charge in [-0.1, -0.05) is 12.1 Å². The lowest BCUT2D eigenvalue weighted by atomic mass is 10.1. The zero-order valence-electron chi connectivity index (χ0n) is 14.5. The first-order valence-corrected chi connectivity index (χ1v) is 8.57. The van der Waals surface area contributed by atoms with Crippen molar-refractivity contribution < 1.29 is 23.8 Å². The molecule has 0 aliphatic carbocycles. The van der Waals surface area contributed by atoms with Crippen molar-refractivity contribution in [3.8, 4) is 11.5 Å². The lowest BCUT2D eigenvalue weighted by Gasteiger charge is -2.11. The predicted octanol–water partition coefficient (Wildman–Crippen LogP) is 3.03. The van der Waals surface area contributed by atoms with Gasteiger partial charge >= 0.3 is 0 Å². The monoisotopic (exact) mass is 437 g/mol. The number of phenolic OH excluding ortho intramolecular Hbond substituents is 1. The van der Waals surface area contributed by atoms with Crippen LogP contribution in [-0.4, -0.2) is 30.2 Å². The summed E-state index contributed by atoms with van der Waals surface area (Å²) in [4.78, 5) is 24.1. The van der Waals surface area contributed by atoms with E-state index in [0.717, 1.165) is 0 Å². The Morgan fingerprint density at radius 1 is 1.30 bits per heavy atom. The van der Waals surface area contributed by atoms with Gasteiger partial charge in [0.25, 0.3) is 5.91 Å². The van der Waals surface area contributed by atoms with Crippen molar-refractivity contribution in [1.82, 2.24) is 5.43 Å². The molecule has 7 nitrogen and oxygen atoms in total. The van der Waals surface area contributed by atoms with Crippen LogP contribution in [0.15, 0.2) is 46.0 Å². The van der Waals surface area contributed by atoms with Crippen molar-refractivity contribution in [1.29, 1.82) is 0 Å². The quantitative estimate of drug-likeness (QED) is 0.367. The van der Waals surface area contributed by atoms with Crippen LogP contribution in [0.5, 0.6) is 11.5 Å². The summed E-state index contributed by atoms with van der Waals surface area (Å²) in [6, 6.07) is 8.75. The molecule has 0 fully saturated rings. The van der Waals surface area contributed by atoms with Crippen LogP contribution in [0.3, 0.4) is 0 Å². The first kappa shape index (κ1) is 20.4. The summed E-state index contributed by atoms with van der Waals surface area (Å²) in [6.45, 7) is 1.38. The SMILES string of the molecule is COc1cc(/C=N/NC(=O)C(C)C(=O)Nc2ccccc2F)cc(Br)c1O. The Morgan fingerprint density at radius 3 is 2.67 bits per heavy atom. The zero-order chi connectivity index (χ0) is 20.0. The maximum Gasteiger partial charge on any atom is 0.252 e. The van der Waals surface area contributed by atoms with Gasteiger partial charge in [-0.25, -0.2) is 9.82 Å². The van der Waals surface area contributed by atoms with Gasteiger partial charge in [0.1, 0.15) is 11.7 Å². The summed E-state index contributed by atoms with van der Waals surface area (Å²) < 4.78 is 19.0. The lowest BCUT2D eigenvalue weighted by molar-refractivity contribution is -0.131. The molecular weight excluding hydrogens is 421 g/mol. The molecule has 3 N–H and O–H groups in total. The van der Waals surface area contributed by atoms with E-state index in [4.69, 9.17) is 4.74 Å². The summed E-state index contributed by atoms with van der Waals surface area (Å²) in [7, 11) is 1.40. The summed E-state index contributed by atoms with van der Waals surface area (Å²) in [5.41, 5.74) is 2.78. The fourth-order valence-corrected chi connectivity index (χ4v) is 2.47. The number of ether oxygens (including phenoxy) is 1. The highest BCUT2D eigenvalue weighted by Crippen LogP contribution is 2.34. The Morgan fingerprint density at radius 2 is 2.00 bits per heavy atom. The number of benzene rings is 2. The Balaban J connectivity index is 1.98. The van der Waals surface area contributed by atoms with Crippen molar-refractivity contribution in [3.05, 3.63) is 52.3 Å². The second-order valence-electron chi connectivity index (χ2n) is 5.48. The number of phenols is 1. The van der Waals surface area contributed by atoms with E-state index in [1.807, 2.05) is 0 Å². The van der Waals surface area contributed by atoms with Gasteiger partial charge in [-0.05, 0) is 52.7 Å². The molecule has 0 aromatic heterocycles. The Hall–Kier alpha value is -2.94. The van der Waals surface area contributed by atoms with Gasteiger partial charge in [0.05, 0.1) is 23.5 Å². The molecule has 0 aliphatic rings. The van der Waals surface area contributed by atoms with Gasteiger partial charge in [0, 0.05) is 0 Å². The molecule has 2 amide bonds. The minimum absolute atomic E-state index is 0.00769. The molecule has 1 unspecified atom stereocenters. The molecule has 0 bridgehead atoms. The van der Waals surface area contributed by atoms with Gasteiger partial charge in [-0.15, -0.1) is 0 Å². The van der Waals surface area contributed by atoms with E-state index in [1.165, 1.54) is 44.5 Å². The standard InChI is InChI=1S/C18H17BrFN3O4/c1-10(17(25)22-14-6-4-3-5-13(14)20)18(26)23-21-9-11-7-12(19)16(24)15(8-11)27-2/h3-10,24H,1-2H3,(H,22,25)(H,23,26)/b21-9+. The van der Waals surface area contributed by atoms with Crippen LogP contribution in [0.1, 0.15) is 12.5 Å². The summed E-state index contributed by atoms with van der Waals surface area (Å²) in [5, 5.41) is 15.9. The first-order chi connectivity index (χ1) is 12.8. The molecule has 27 heavy (non-hydrogen) atoms. The van der Waals surface area contributed by atoms with Gasteiger partial charge in [0.15, 0.2) is 11.5 Å². The average molecular weight is 438 g/mol. The van der Waals surface area contributed by atoms with Gasteiger partial charge in [-0.3, -0.25) is 9.59 Å². The Bertz CT molecular complexity index is 889. The highest BCUT2D eigenvalue weighted by atomic mass is 79.9. The minimum atomic E-state index is -1.09. The van der Waals surface area contributed by atoms with Crippen LogP contribution < -0.4 is 15.5 Å². The fourth-order valence-electron chi connectivity index (χ4n) is 2.01. The molecule has 0 spiro atoms. The molecule has 2 rings (SSSR count). The maximum atomic E-state index is 13.6. The molecular formula is C18H17BrFN3O4. The number of aromatic hydroxyl groups is 1. The summed E-state index contributed by atoms with van der Waals surface area (Å²) in [5.74, 6) is -2.84. The highest BCUT2D eigenvalue weighted by molar-refractivity contribution is 9.10. The second-order valence-corrected chi connectivity index (χ2v) is 6.33. The van der Waals surface area contributed by atoms with Gasteiger partial charge in [0.2, 0.25) is 5.91 Å². The van der Waals surface area contributed by atoms with Gasteiger partial charge in [-0.2, -0.15) is 5.10 Å². The van der Waals surface area contributed by atoms with E-state index < -0.39 is 23.5 Å². The fraction of sp³-hybridized carbons (Fsp3) is 0.167. The van der Waals surface area contributed by atoms with E-state index in [2.05, 4.69) is 31.8 Å². The van der Waals surface area contributed by atoms with E-state index in [-0.39, 0.29) is 17.2 Å². The molecule has 1 atom stereocenters. The van der Waals surface area contributed by atoms with Crippen LogP contribution >= 0.6 is 15.9 Å². The number of hydrogen-bond donors (Lipinski definition) is 3. The number of hydrazone groups is 1. The van der Waals surface area contributed by atoms with Crippen molar-refractivity contribution in [2.45, 2.75) is 6.92 Å². The van der Waals surface area contributed by atoms with Crippen molar-refractivity contribution in [3.63, 3.8) is 0 Å². The number of amides is 2.